The molecule has 0 heterocycles. The number of hydrogen-bond acceptors (Lipinski definition) is 3. The fourth-order valence-electron chi connectivity index (χ4n) is 2.66. The summed E-state index contributed by atoms with van der Waals surface area (Å²) in [5, 5.41) is 5.58. The summed E-state index contributed by atoms with van der Waals surface area (Å²) >= 11 is 4.27. The molecule has 0 fully saturated rings. The molecule has 3 aromatic carbocycles. The van der Waals surface area contributed by atoms with E-state index in [-0.39, 0.29) is 11.8 Å². The lowest BCUT2D eigenvalue weighted by Gasteiger charge is -2.09. The molecule has 27 heavy (non-hydrogen) atoms. The second-order valence-corrected chi connectivity index (χ2v) is 6.45. The molecule has 0 aliphatic carbocycles. The van der Waals surface area contributed by atoms with Crippen LogP contribution in [0.15, 0.2) is 83.8 Å². The zero-order chi connectivity index (χ0) is 19.1. The minimum Gasteiger partial charge on any atom is -0.350 e. The highest BCUT2D eigenvalue weighted by atomic mass is 32.1. The van der Waals surface area contributed by atoms with Crippen molar-refractivity contribution in [3.05, 3.63) is 90.0 Å². The van der Waals surface area contributed by atoms with Crippen molar-refractivity contribution in [3.8, 4) is 11.1 Å². The lowest BCUT2D eigenvalue weighted by atomic mass is 10.0. The van der Waals surface area contributed by atoms with Gasteiger partial charge in [0.2, 0.25) is 0 Å². The van der Waals surface area contributed by atoms with Gasteiger partial charge in [0, 0.05) is 23.5 Å². The van der Waals surface area contributed by atoms with Gasteiger partial charge in [-0.2, -0.15) is 0 Å². The van der Waals surface area contributed by atoms with Crippen molar-refractivity contribution in [1.82, 2.24) is 10.6 Å². The van der Waals surface area contributed by atoms with Crippen molar-refractivity contribution >= 4 is 24.4 Å². The van der Waals surface area contributed by atoms with E-state index in [4.69, 9.17) is 0 Å². The molecule has 3 rings (SSSR count). The molecule has 0 unspecified atom stereocenters. The van der Waals surface area contributed by atoms with Crippen molar-refractivity contribution in [2.75, 3.05) is 13.1 Å². The van der Waals surface area contributed by atoms with Gasteiger partial charge in [-0.3, -0.25) is 9.59 Å². The first-order valence-corrected chi connectivity index (χ1v) is 9.10. The Balaban J connectivity index is 1.48. The minimum atomic E-state index is -0.206. The van der Waals surface area contributed by atoms with Crippen molar-refractivity contribution in [2.45, 2.75) is 4.90 Å². The quantitative estimate of drug-likeness (QED) is 0.453. The third-order valence-corrected chi connectivity index (χ3v) is 4.49. The Morgan fingerprint density at radius 2 is 1.22 bits per heavy atom. The Morgan fingerprint density at radius 3 is 1.89 bits per heavy atom. The fourth-order valence-corrected chi connectivity index (χ4v) is 2.92. The van der Waals surface area contributed by atoms with E-state index in [1.54, 1.807) is 30.3 Å². The van der Waals surface area contributed by atoms with E-state index >= 15 is 0 Å². The van der Waals surface area contributed by atoms with Crippen LogP contribution in [0, 0.1) is 0 Å². The Hall–Kier alpha value is -3.05. The fraction of sp³-hybridized carbons (Fsp3) is 0.0909. The smallest absolute Gasteiger partial charge is 0.252 e. The molecule has 136 valence electrons. The van der Waals surface area contributed by atoms with E-state index in [9.17, 15) is 9.59 Å². The summed E-state index contributed by atoms with van der Waals surface area (Å²) in [7, 11) is 0. The van der Waals surface area contributed by atoms with Crippen molar-refractivity contribution in [1.29, 1.82) is 0 Å². The van der Waals surface area contributed by atoms with Gasteiger partial charge in [-0.25, -0.2) is 0 Å². The average molecular weight is 376 g/mol. The van der Waals surface area contributed by atoms with Gasteiger partial charge in [-0.1, -0.05) is 54.6 Å². The maximum absolute atomic E-state index is 12.2. The van der Waals surface area contributed by atoms with Crippen LogP contribution in [-0.2, 0) is 0 Å². The molecule has 5 heteroatoms. The number of benzene rings is 3. The maximum Gasteiger partial charge on any atom is 0.252 e. The Labute approximate surface area is 164 Å². The van der Waals surface area contributed by atoms with Crippen LogP contribution in [0.25, 0.3) is 11.1 Å². The molecule has 0 aliphatic heterocycles. The number of carbonyl (C=O) groups excluding carboxylic acids is 2. The van der Waals surface area contributed by atoms with Gasteiger partial charge in [0.1, 0.15) is 0 Å². The van der Waals surface area contributed by atoms with Crippen LogP contribution in [-0.4, -0.2) is 24.9 Å². The van der Waals surface area contributed by atoms with Crippen LogP contribution in [0.1, 0.15) is 20.7 Å². The molecule has 4 nitrogen and oxygen atoms in total. The molecular formula is C22H20N2O2S. The average Bonchev–Trinajstić information content (AvgIpc) is 2.72. The number of nitrogens with one attached hydrogen (secondary N) is 2. The number of rotatable bonds is 6. The Bertz CT molecular complexity index is 925. The molecule has 0 saturated carbocycles. The molecule has 0 aliphatic rings. The summed E-state index contributed by atoms with van der Waals surface area (Å²) in [6, 6.07) is 24.5. The second kappa shape index (κ2) is 9.05. The van der Waals surface area contributed by atoms with Crippen LogP contribution >= 0.6 is 12.6 Å². The first-order chi connectivity index (χ1) is 13.1. The number of thiol groups is 1. The van der Waals surface area contributed by atoms with Crippen LogP contribution in [0.5, 0.6) is 0 Å². The highest BCUT2D eigenvalue weighted by Crippen LogP contribution is 2.19. The highest BCUT2D eigenvalue weighted by molar-refractivity contribution is 7.80. The van der Waals surface area contributed by atoms with E-state index in [2.05, 4.69) is 23.3 Å². The Kier molecular flexibility index (Phi) is 6.28. The van der Waals surface area contributed by atoms with Crippen molar-refractivity contribution < 1.29 is 9.59 Å². The van der Waals surface area contributed by atoms with Gasteiger partial charge in [0.25, 0.3) is 11.8 Å². The summed E-state index contributed by atoms with van der Waals surface area (Å²) in [6.45, 7) is 0.689. The minimum absolute atomic E-state index is 0.168. The highest BCUT2D eigenvalue weighted by Gasteiger charge is 2.09. The predicted molar refractivity (Wildman–Crippen MR) is 110 cm³/mol. The molecule has 3 aromatic rings. The topological polar surface area (TPSA) is 58.2 Å². The lowest BCUT2D eigenvalue weighted by Crippen LogP contribution is -2.34. The molecule has 0 atom stereocenters. The molecule has 0 spiro atoms. The number of carbonyl (C=O) groups is 2. The molecule has 0 radical (unpaired) electrons. The second-order valence-electron chi connectivity index (χ2n) is 5.97. The zero-order valence-electron chi connectivity index (χ0n) is 14.7. The SMILES string of the molecule is O=C(NCCNC(=O)c1ccccc1S)c1ccc(-c2ccccc2)cc1. The van der Waals surface area contributed by atoms with E-state index in [1.165, 1.54) is 0 Å². The third-order valence-electron chi connectivity index (χ3n) is 4.10. The van der Waals surface area contributed by atoms with Crippen LogP contribution in [0.3, 0.4) is 0 Å². The summed E-state index contributed by atoms with van der Waals surface area (Å²) in [5.41, 5.74) is 3.27. The van der Waals surface area contributed by atoms with E-state index < -0.39 is 0 Å². The van der Waals surface area contributed by atoms with Crippen molar-refractivity contribution in [2.24, 2.45) is 0 Å². The Morgan fingerprint density at radius 1 is 0.667 bits per heavy atom. The first kappa shape index (κ1) is 18.7. The van der Waals surface area contributed by atoms with Crippen LogP contribution in [0.4, 0.5) is 0 Å². The first-order valence-electron chi connectivity index (χ1n) is 8.65. The number of amides is 2. The maximum atomic E-state index is 12.2. The van der Waals surface area contributed by atoms with Crippen LogP contribution < -0.4 is 10.6 Å². The molecule has 2 N–H and O–H groups in total. The molecule has 0 aromatic heterocycles. The predicted octanol–water partition coefficient (Wildman–Crippen LogP) is 3.80. The van der Waals surface area contributed by atoms with Crippen LogP contribution in [0.2, 0.25) is 0 Å². The lowest BCUT2D eigenvalue weighted by molar-refractivity contribution is 0.0926. The van der Waals surface area contributed by atoms with Gasteiger partial charge in [-0.15, -0.1) is 12.6 Å². The van der Waals surface area contributed by atoms with Gasteiger partial charge in [-0.05, 0) is 35.4 Å². The van der Waals surface area contributed by atoms with Gasteiger partial charge >= 0.3 is 0 Å². The molecular weight excluding hydrogens is 356 g/mol. The van der Waals surface area contributed by atoms with Gasteiger partial charge in [0.05, 0.1) is 5.56 Å². The zero-order valence-corrected chi connectivity index (χ0v) is 15.6. The molecule has 0 bridgehead atoms. The summed E-state index contributed by atoms with van der Waals surface area (Å²) in [6.07, 6.45) is 0. The van der Waals surface area contributed by atoms with Gasteiger partial charge in [0.15, 0.2) is 0 Å². The largest absolute Gasteiger partial charge is 0.350 e. The normalized spacial score (nSPS) is 10.3. The monoisotopic (exact) mass is 376 g/mol. The standard InChI is InChI=1S/C22H20N2O2S/c25-21(18-12-10-17(11-13-18)16-6-2-1-3-7-16)23-14-15-24-22(26)19-8-4-5-9-20(19)27/h1-13,27H,14-15H2,(H,23,25)(H,24,26). The van der Waals surface area contributed by atoms with E-state index in [0.29, 0.717) is 29.1 Å². The summed E-state index contributed by atoms with van der Waals surface area (Å²) < 4.78 is 0. The summed E-state index contributed by atoms with van der Waals surface area (Å²) in [5.74, 6) is -0.375. The van der Waals surface area contributed by atoms with E-state index in [0.717, 1.165) is 11.1 Å². The van der Waals surface area contributed by atoms with E-state index in [1.807, 2.05) is 48.5 Å². The molecule has 2 amide bonds. The van der Waals surface area contributed by atoms with Crippen molar-refractivity contribution in [3.63, 3.8) is 0 Å². The summed E-state index contributed by atoms with van der Waals surface area (Å²) in [4.78, 5) is 24.9. The number of hydrogen-bond donors (Lipinski definition) is 3. The molecule has 0 saturated heterocycles. The third kappa shape index (κ3) is 4.99. The van der Waals surface area contributed by atoms with Gasteiger partial charge < -0.3 is 10.6 Å².